The maximum Gasteiger partial charge on any atom is 0.341 e. The topological polar surface area (TPSA) is 132 Å². The van der Waals surface area contributed by atoms with Crippen LogP contribution in [-0.2, 0) is 11.3 Å². The Balaban J connectivity index is 1.34. The number of ether oxygens (including phenoxy) is 1. The van der Waals surface area contributed by atoms with Gasteiger partial charge in [-0.1, -0.05) is 79.2 Å². The van der Waals surface area contributed by atoms with E-state index in [0.717, 1.165) is 66.8 Å². The lowest BCUT2D eigenvalue weighted by Crippen LogP contribution is -2.44. The van der Waals surface area contributed by atoms with Gasteiger partial charge in [-0.15, -0.1) is 0 Å². The molecule has 12 heteroatoms. The van der Waals surface area contributed by atoms with Gasteiger partial charge in [0.15, 0.2) is 5.13 Å². The number of carbonyl (C=O) groups is 1. The minimum Gasteiger partial charge on any atom is -0.457 e. The van der Waals surface area contributed by atoms with Crippen LogP contribution in [0.5, 0.6) is 0 Å². The fourth-order valence-electron chi connectivity index (χ4n) is 8.51. The summed E-state index contributed by atoms with van der Waals surface area (Å²) >= 11 is 8.83. The van der Waals surface area contributed by atoms with E-state index in [0.29, 0.717) is 81.0 Å². The Morgan fingerprint density at radius 1 is 1.11 bits per heavy atom. The van der Waals surface area contributed by atoms with Crippen molar-refractivity contribution in [3.63, 3.8) is 0 Å². The molecule has 2 saturated heterocycles. The van der Waals surface area contributed by atoms with Gasteiger partial charge in [0.1, 0.15) is 24.1 Å². The second kappa shape index (κ2) is 15.3. The quantitative estimate of drug-likeness (QED) is 0.114. The van der Waals surface area contributed by atoms with Crippen LogP contribution in [0.15, 0.2) is 48.5 Å². The van der Waals surface area contributed by atoms with Crippen LogP contribution in [0.3, 0.4) is 0 Å². The first kappa shape index (κ1) is 36.5. The molecule has 2 aliphatic heterocycles. The maximum atomic E-state index is 14.7. The largest absolute Gasteiger partial charge is 0.457 e. The molecule has 1 saturated carbocycles. The van der Waals surface area contributed by atoms with E-state index in [4.69, 9.17) is 32.0 Å². The fraction of sp³-hybridized carbons (Fsp3) is 0.429. The number of hydrogen-bond donors (Lipinski definition) is 3. The highest BCUT2D eigenvalue weighted by Crippen LogP contribution is 2.49. The maximum absolute atomic E-state index is 14.7. The lowest BCUT2D eigenvalue weighted by Gasteiger charge is -2.32. The Hall–Kier alpha value is -4.47. The number of nitriles is 1. The second-order valence-electron chi connectivity index (χ2n) is 15.4. The molecule has 1 aliphatic carbocycles. The van der Waals surface area contributed by atoms with E-state index in [1.807, 2.05) is 42.5 Å². The summed E-state index contributed by atoms with van der Waals surface area (Å²) in [4.78, 5) is 29.4. The number of nitrogens with one attached hydrogen (secondary N) is 2. The Kier molecular flexibility index (Phi) is 10.4. The molecular formula is C42H47ClN8O2S. The fourth-order valence-corrected chi connectivity index (χ4v) is 9.77. The van der Waals surface area contributed by atoms with E-state index in [1.54, 1.807) is 0 Å². The summed E-state index contributed by atoms with van der Waals surface area (Å²) in [6.45, 7) is 9.16. The normalized spacial score (nSPS) is 19.1. The molecule has 0 spiro atoms. The van der Waals surface area contributed by atoms with Crippen LogP contribution in [0.4, 0.5) is 16.6 Å². The van der Waals surface area contributed by atoms with Gasteiger partial charge in [-0.2, -0.15) is 5.26 Å². The molecule has 5 aromatic rings. The van der Waals surface area contributed by atoms with Gasteiger partial charge >= 0.3 is 5.97 Å². The van der Waals surface area contributed by atoms with Gasteiger partial charge < -0.3 is 30.9 Å². The molecule has 3 aromatic carbocycles. The summed E-state index contributed by atoms with van der Waals surface area (Å²) < 4.78 is 7.14. The lowest BCUT2D eigenvalue weighted by atomic mass is 9.90. The first-order valence-electron chi connectivity index (χ1n) is 19.1. The van der Waals surface area contributed by atoms with Gasteiger partial charge in [0.2, 0.25) is 0 Å². The predicted octanol–water partition coefficient (Wildman–Crippen LogP) is 8.04. The highest BCUT2D eigenvalue weighted by Gasteiger charge is 2.34. The summed E-state index contributed by atoms with van der Waals surface area (Å²) in [6, 6.07) is 18.4. The van der Waals surface area contributed by atoms with Crippen molar-refractivity contribution in [3.8, 4) is 17.2 Å². The number of fused-ring (bicyclic) bond motifs is 2. The van der Waals surface area contributed by atoms with Crippen LogP contribution in [0.1, 0.15) is 72.5 Å². The summed E-state index contributed by atoms with van der Waals surface area (Å²) in [5.74, 6) is 1.50. The van der Waals surface area contributed by atoms with Crippen molar-refractivity contribution in [3.05, 3.63) is 75.8 Å². The third kappa shape index (κ3) is 7.08. The van der Waals surface area contributed by atoms with E-state index in [1.165, 1.54) is 16.9 Å². The number of likely N-dealkylation sites (tertiary alicyclic amines) is 1. The Morgan fingerprint density at radius 2 is 1.89 bits per heavy atom. The number of pyridine rings is 1. The number of anilines is 3. The molecule has 3 aliphatic rings. The minimum atomic E-state index is -0.550. The first-order chi connectivity index (χ1) is 26.2. The second-order valence-corrected chi connectivity index (χ2v) is 16.9. The molecule has 1 unspecified atom stereocenters. The van der Waals surface area contributed by atoms with Crippen LogP contribution in [0.25, 0.3) is 32.2 Å². The number of nitrogens with two attached hydrogens (primary N) is 1. The molecule has 8 rings (SSSR count). The van der Waals surface area contributed by atoms with Crippen LogP contribution >= 0.6 is 22.9 Å². The van der Waals surface area contributed by atoms with Crippen LogP contribution < -0.4 is 21.3 Å². The minimum absolute atomic E-state index is 0.0735. The summed E-state index contributed by atoms with van der Waals surface area (Å²) in [7, 11) is 2.17. The van der Waals surface area contributed by atoms with Crippen molar-refractivity contribution in [1.29, 1.82) is 5.26 Å². The Morgan fingerprint density at radius 3 is 2.61 bits per heavy atom. The van der Waals surface area contributed by atoms with Crippen molar-refractivity contribution >= 4 is 66.7 Å². The SMILES string of the molecule is CC(C)CC1CCN(C)[C@@H]1CNc1nc2c(C(=O)OCc3ccccc3)c(-c3ccc(C4CC4)c4sc(N)nc34)c(Cl)cc2c(N2CCNCC2)c1C#N. The van der Waals surface area contributed by atoms with E-state index >= 15 is 0 Å². The van der Waals surface area contributed by atoms with Crippen molar-refractivity contribution in [1.82, 2.24) is 20.2 Å². The molecule has 4 heterocycles. The van der Waals surface area contributed by atoms with Crippen LogP contribution in [0, 0.1) is 23.2 Å². The lowest BCUT2D eigenvalue weighted by molar-refractivity contribution is 0.0475. The smallest absolute Gasteiger partial charge is 0.341 e. The van der Waals surface area contributed by atoms with Gasteiger partial charge in [-0.3, -0.25) is 0 Å². The first-order valence-corrected chi connectivity index (χ1v) is 20.3. The average molecular weight is 763 g/mol. The molecular weight excluding hydrogens is 716 g/mol. The number of esters is 1. The number of benzene rings is 3. The number of thiazole rings is 1. The number of piperazine rings is 1. The third-order valence-electron chi connectivity index (χ3n) is 11.3. The van der Waals surface area contributed by atoms with Gasteiger partial charge in [0.05, 0.1) is 32.0 Å². The molecule has 2 aromatic heterocycles. The van der Waals surface area contributed by atoms with Gasteiger partial charge in [0.25, 0.3) is 0 Å². The summed E-state index contributed by atoms with van der Waals surface area (Å²) in [5, 5.41) is 19.4. The predicted molar refractivity (Wildman–Crippen MR) is 220 cm³/mol. The molecule has 280 valence electrons. The Labute approximate surface area is 325 Å². The number of rotatable bonds is 11. The van der Waals surface area contributed by atoms with E-state index < -0.39 is 5.97 Å². The number of halogens is 1. The number of likely N-dealkylation sites (N-methyl/N-ethyl adjacent to an activating group) is 1. The van der Waals surface area contributed by atoms with Crippen LogP contribution in [-0.4, -0.2) is 73.2 Å². The van der Waals surface area contributed by atoms with E-state index in [9.17, 15) is 10.1 Å². The zero-order valence-electron chi connectivity index (χ0n) is 31.1. The molecule has 0 bridgehead atoms. The molecule has 54 heavy (non-hydrogen) atoms. The zero-order chi connectivity index (χ0) is 37.5. The number of hydrogen-bond acceptors (Lipinski definition) is 11. The van der Waals surface area contributed by atoms with Crippen LogP contribution in [0.2, 0.25) is 5.02 Å². The molecule has 2 atom stereocenters. The number of nitrogen functional groups attached to an aromatic ring is 1. The average Bonchev–Trinajstić information content (AvgIpc) is 3.85. The molecule has 3 fully saturated rings. The molecule has 0 amide bonds. The highest BCUT2D eigenvalue weighted by molar-refractivity contribution is 7.22. The summed E-state index contributed by atoms with van der Waals surface area (Å²) in [6.07, 6.45) is 4.53. The number of aromatic nitrogens is 2. The highest BCUT2D eigenvalue weighted by atomic mass is 35.5. The van der Waals surface area contributed by atoms with Crippen molar-refractivity contribution < 1.29 is 9.53 Å². The number of carbonyl (C=O) groups excluding carboxylic acids is 1. The Bertz CT molecular complexity index is 2240. The monoisotopic (exact) mass is 762 g/mol. The van der Waals surface area contributed by atoms with E-state index in [-0.39, 0.29) is 18.2 Å². The molecule has 4 N–H and O–H groups in total. The third-order valence-corrected chi connectivity index (χ3v) is 12.5. The summed E-state index contributed by atoms with van der Waals surface area (Å²) in [5.41, 5.74) is 12.2. The number of nitrogens with zero attached hydrogens (tertiary/aromatic N) is 5. The van der Waals surface area contributed by atoms with Crippen molar-refractivity contribution in [2.45, 2.75) is 58.1 Å². The van der Waals surface area contributed by atoms with Crippen molar-refractivity contribution in [2.24, 2.45) is 11.8 Å². The zero-order valence-corrected chi connectivity index (χ0v) is 32.7. The standard InChI is InChI=1S/C42H47ClN8O2S/c1-24(2)19-27-13-16-50(3)33(27)22-47-40-31(21-44)38(51-17-14-46-15-18-51)30-20-32(43)34(29-12-11-28(26-9-10-26)39-37(29)49-42(45)54-39)35(36(30)48-40)41(52)53-23-25-7-5-4-6-8-25/h4-8,11-12,20,24,26-27,33,46H,9-10,13-19,22-23H2,1-3H3,(H2,45,49)(H,47,48)/t27?,33-/m1/s1. The molecule has 0 radical (unpaired) electrons. The van der Waals surface area contributed by atoms with Gasteiger partial charge in [0, 0.05) is 55.3 Å². The van der Waals surface area contributed by atoms with Gasteiger partial charge in [-0.05, 0) is 74.2 Å². The molecule has 10 nitrogen and oxygen atoms in total. The van der Waals surface area contributed by atoms with E-state index in [2.05, 4.69) is 53.5 Å². The van der Waals surface area contributed by atoms with Crippen molar-refractivity contribution in [2.75, 3.05) is 62.3 Å². The van der Waals surface area contributed by atoms with Gasteiger partial charge in [-0.25, -0.2) is 14.8 Å².